The van der Waals surface area contributed by atoms with Crippen molar-refractivity contribution in [3.8, 4) is 0 Å². The summed E-state index contributed by atoms with van der Waals surface area (Å²) >= 11 is 0.993. The molecule has 0 aliphatic rings. The van der Waals surface area contributed by atoms with Gasteiger partial charge in [0.05, 0.1) is 10.6 Å². The van der Waals surface area contributed by atoms with Gasteiger partial charge in [0.15, 0.2) is 5.13 Å². The lowest BCUT2D eigenvalue weighted by molar-refractivity contribution is 0.0701. The molecule has 0 unspecified atom stereocenters. The van der Waals surface area contributed by atoms with Crippen LogP contribution in [0.4, 0.5) is 22.7 Å². The van der Waals surface area contributed by atoms with Gasteiger partial charge in [-0.05, 0) is 24.6 Å². The van der Waals surface area contributed by atoms with Gasteiger partial charge in [0.25, 0.3) is 0 Å². The van der Waals surface area contributed by atoms with Crippen molar-refractivity contribution in [1.82, 2.24) is 15.0 Å². The summed E-state index contributed by atoms with van der Waals surface area (Å²) in [5.74, 6) is 0.226. The molecule has 11 nitrogen and oxygen atoms in total. The van der Waals surface area contributed by atoms with Crippen molar-refractivity contribution in [1.29, 1.82) is 0 Å². The predicted molar refractivity (Wildman–Crippen MR) is 114 cm³/mol. The van der Waals surface area contributed by atoms with Crippen LogP contribution in [0.25, 0.3) is 0 Å². The van der Waals surface area contributed by atoms with E-state index in [1.807, 2.05) is 0 Å². The maximum atomic E-state index is 11.3. The van der Waals surface area contributed by atoms with Crippen LogP contribution >= 0.6 is 11.3 Å². The van der Waals surface area contributed by atoms with E-state index in [-0.39, 0.29) is 15.7 Å². The average molecular weight is 450 g/mol. The summed E-state index contributed by atoms with van der Waals surface area (Å²) < 4.78 is 22.7. The summed E-state index contributed by atoms with van der Waals surface area (Å²) in [6.07, 6.45) is 0. The van der Waals surface area contributed by atoms with E-state index in [4.69, 9.17) is 10.2 Å². The molecule has 1 aromatic carbocycles. The van der Waals surface area contributed by atoms with Crippen LogP contribution in [0.15, 0.2) is 35.2 Å². The van der Waals surface area contributed by atoms with Crippen LogP contribution in [0.2, 0.25) is 0 Å². The van der Waals surface area contributed by atoms with Crippen LogP contribution in [0, 0.1) is 6.92 Å². The first-order chi connectivity index (χ1) is 14.2. The molecule has 0 saturated heterocycles. The van der Waals surface area contributed by atoms with Gasteiger partial charge in [-0.1, -0.05) is 23.5 Å². The molecule has 0 atom stereocenters. The second kappa shape index (κ2) is 8.61. The molecule has 0 aliphatic heterocycles. The molecule has 3 rings (SSSR count). The van der Waals surface area contributed by atoms with Crippen molar-refractivity contribution in [3.63, 3.8) is 0 Å². The zero-order valence-corrected chi connectivity index (χ0v) is 17.6. The summed E-state index contributed by atoms with van der Waals surface area (Å²) in [7, 11) is -2.03. The topological polar surface area (TPSA) is 172 Å². The van der Waals surface area contributed by atoms with Gasteiger partial charge in [0.1, 0.15) is 16.5 Å². The quantitative estimate of drug-likeness (QED) is 0.342. The van der Waals surface area contributed by atoms with E-state index < -0.39 is 16.0 Å². The number of sulfonamides is 1. The number of anilines is 4. The van der Waals surface area contributed by atoms with Crippen LogP contribution in [0.3, 0.4) is 0 Å². The molecule has 0 saturated carbocycles. The Bertz CT molecular complexity index is 1180. The Labute approximate surface area is 176 Å². The van der Waals surface area contributed by atoms with Crippen LogP contribution in [0.1, 0.15) is 20.9 Å². The maximum Gasteiger partial charge on any atom is 0.347 e. The highest BCUT2D eigenvalue weighted by Crippen LogP contribution is 2.25. The Kier molecular flexibility index (Phi) is 6.14. The second-order valence-electron chi connectivity index (χ2n) is 6.12. The summed E-state index contributed by atoms with van der Waals surface area (Å²) in [6.45, 7) is 1.99. The van der Waals surface area contributed by atoms with E-state index in [0.29, 0.717) is 29.0 Å². The number of nitrogens with zero attached hydrogens (tertiary/aromatic N) is 3. The average Bonchev–Trinajstić information content (AvgIpc) is 3.06. The molecule has 6 N–H and O–H groups in total. The molecular weight excluding hydrogens is 430 g/mol. The highest BCUT2D eigenvalue weighted by atomic mass is 32.2. The smallest absolute Gasteiger partial charge is 0.347 e. The number of carboxylic acid groups (broad SMARTS) is 1. The number of hydrogen-bond acceptors (Lipinski definition) is 10. The molecule has 13 heteroatoms. The van der Waals surface area contributed by atoms with Crippen LogP contribution in [-0.4, -0.2) is 41.5 Å². The number of rotatable bonds is 8. The summed E-state index contributed by atoms with van der Waals surface area (Å²) in [5, 5.41) is 23.6. The lowest BCUT2D eigenvalue weighted by atomic mass is 10.2. The highest BCUT2D eigenvalue weighted by molar-refractivity contribution is 7.89. The monoisotopic (exact) mass is 449 g/mol. The number of carboxylic acids is 1. The summed E-state index contributed by atoms with van der Waals surface area (Å²) in [4.78, 5) is 24.2. The minimum Gasteiger partial charge on any atom is -0.477 e. The predicted octanol–water partition coefficient (Wildman–Crippen LogP) is 1.98. The molecule has 0 aliphatic carbocycles. The van der Waals surface area contributed by atoms with Crippen LogP contribution < -0.4 is 21.1 Å². The van der Waals surface area contributed by atoms with Gasteiger partial charge < -0.3 is 15.7 Å². The first-order valence-corrected chi connectivity index (χ1v) is 10.9. The van der Waals surface area contributed by atoms with Crippen molar-refractivity contribution in [2.75, 3.05) is 23.0 Å². The van der Waals surface area contributed by atoms with E-state index in [9.17, 15) is 13.2 Å². The number of aromatic nitrogens is 3. The van der Waals surface area contributed by atoms with Gasteiger partial charge in [0, 0.05) is 19.7 Å². The van der Waals surface area contributed by atoms with Gasteiger partial charge in [-0.15, -0.1) is 0 Å². The maximum absolute atomic E-state index is 11.3. The van der Waals surface area contributed by atoms with E-state index in [1.54, 1.807) is 32.2 Å². The Balaban J connectivity index is 1.76. The minimum atomic E-state index is -3.74. The lowest BCUT2D eigenvalue weighted by Crippen LogP contribution is -2.12. The van der Waals surface area contributed by atoms with Gasteiger partial charge in [-0.3, -0.25) is 5.32 Å². The third-order valence-electron chi connectivity index (χ3n) is 3.92. The molecule has 2 heterocycles. The number of hydrogen-bond donors (Lipinski definition) is 5. The molecule has 0 radical (unpaired) electrons. The molecule has 0 fully saturated rings. The molecule has 0 spiro atoms. The van der Waals surface area contributed by atoms with E-state index in [0.717, 1.165) is 16.9 Å². The number of nitrogens with one attached hydrogen (secondary N) is 3. The fourth-order valence-electron chi connectivity index (χ4n) is 2.46. The van der Waals surface area contributed by atoms with Crippen molar-refractivity contribution in [2.24, 2.45) is 5.14 Å². The Morgan fingerprint density at radius 3 is 2.40 bits per heavy atom. The normalized spacial score (nSPS) is 11.2. The fraction of sp³-hybridized carbons (Fsp3) is 0.176. The molecule has 2 aromatic heterocycles. The number of aryl methyl sites for hydroxylation is 1. The van der Waals surface area contributed by atoms with Crippen molar-refractivity contribution < 1.29 is 18.3 Å². The van der Waals surface area contributed by atoms with Crippen molar-refractivity contribution in [3.05, 3.63) is 46.5 Å². The molecule has 0 bridgehead atoms. The number of primary sulfonamides is 1. The van der Waals surface area contributed by atoms with Crippen LogP contribution in [0.5, 0.6) is 0 Å². The number of aromatic carboxylic acids is 1. The highest BCUT2D eigenvalue weighted by Gasteiger charge is 2.15. The summed E-state index contributed by atoms with van der Waals surface area (Å²) in [6, 6.07) is 7.86. The Hall–Kier alpha value is -3.29. The third kappa shape index (κ3) is 5.20. The standard InChI is InChI=1S/C17H19N7O4S2/c1-9-14(15(25)26)29-17(21-9)24-16-22-12(19-2)7-13(23-16)20-8-10-3-5-11(6-4-10)30(18,27)28/h3-7H,8H2,1-2H3,(H,25,26)(H2,18,27,28)(H3,19,20,21,22,23,24). The minimum absolute atomic E-state index is 0.0386. The van der Waals surface area contributed by atoms with Gasteiger partial charge in [0.2, 0.25) is 16.0 Å². The molecule has 30 heavy (non-hydrogen) atoms. The van der Waals surface area contributed by atoms with Gasteiger partial charge in [-0.25, -0.2) is 23.3 Å². The zero-order valence-electron chi connectivity index (χ0n) is 16.0. The Morgan fingerprint density at radius 2 is 1.83 bits per heavy atom. The zero-order chi connectivity index (χ0) is 21.9. The Morgan fingerprint density at radius 1 is 1.17 bits per heavy atom. The van der Waals surface area contributed by atoms with Crippen molar-refractivity contribution >= 4 is 50.0 Å². The van der Waals surface area contributed by atoms with Gasteiger partial charge >= 0.3 is 5.97 Å². The van der Waals surface area contributed by atoms with E-state index >= 15 is 0 Å². The molecule has 3 aromatic rings. The number of carbonyl (C=O) groups is 1. The van der Waals surface area contributed by atoms with Crippen molar-refractivity contribution in [2.45, 2.75) is 18.4 Å². The van der Waals surface area contributed by atoms with Crippen LogP contribution in [-0.2, 0) is 16.6 Å². The summed E-state index contributed by atoms with van der Waals surface area (Å²) in [5.41, 5.74) is 1.23. The molecule has 158 valence electrons. The fourth-order valence-corrected chi connectivity index (χ4v) is 3.77. The largest absolute Gasteiger partial charge is 0.477 e. The first-order valence-electron chi connectivity index (χ1n) is 8.56. The van der Waals surface area contributed by atoms with Gasteiger partial charge in [-0.2, -0.15) is 9.97 Å². The SMILES string of the molecule is CNc1cc(NCc2ccc(S(N)(=O)=O)cc2)nc(Nc2nc(C)c(C(=O)O)s2)n1. The second-order valence-corrected chi connectivity index (χ2v) is 8.68. The lowest BCUT2D eigenvalue weighted by Gasteiger charge is -2.10. The van der Waals surface area contributed by atoms with E-state index in [1.165, 1.54) is 12.1 Å². The van der Waals surface area contributed by atoms with E-state index in [2.05, 4.69) is 30.9 Å². The number of nitrogens with two attached hydrogens (primary N) is 1. The first kappa shape index (κ1) is 21.4. The molecule has 0 amide bonds. The third-order valence-corrected chi connectivity index (χ3v) is 5.91. The number of thiazole rings is 1. The molecular formula is C17H19N7O4S2. The number of benzene rings is 1.